The number of nitrogens with zero attached hydrogens (tertiary/aromatic N) is 2. The lowest BCUT2D eigenvalue weighted by atomic mass is 9.73. The minimum absolute atomic E-state index is 0.0236. The fraction of sp³-hybridized carbons (Fsp3) is 0.444. The zero-order valence-corrected chi connectivity index (χ0v) is 15.8. The molecule has 11 nitrogen and oxygen atoms in total. The molecule has 1 aliphatic carbocycles. The van der Waals surface area contributed by atoms with E-state index in [1.54, 1.807) is 0 Å². The smallest absolute Gasteiger partial charge is 0.323 e. The van der Waals surface area contributed by atoms with Gasteiger partial charge in [-0.3, -0.25) is 40.2 Å². The molecule has 2 fully saturated rings. The number of non-ortho nitro benzene ring substituents is 1. The average Bonchev–Trinajstić information content (AvgIpc) is 2.93. The Bertz CT molecular complexity index is 887. The minimum Gasteiger partial charge on any atom is -0.323 e. The Labute approximate surface area is 165 Å². The quantitative estimate of drug-likeness (QED) is 0.385. The first-order valence-corrected chi connectivity index (χ1v) is 9.22. The van der Waals surface area contributed by atoms with Crippen LogP contribution in [0, 0.1) is 16.0 Å². The molecule has 1 heterocycles. The number of hydrazine groups is 1. The van der Waals surface area contributed by atoms with Crippen molar-refractivity contribution >= 4 is 29.4 Å². The second kappa shape index (κ2) is 7.86. The molecule has 0 radical (unpaired) electrons. The molecule has 5 amide bonds. The number of nitro groups is 1. The van der Waals surface area contributed by atoms with E-state index in [0.717, 1.165) is 30.2 Å². The van der Waals surface area contributed by atoms with Gasteiger partial charge in [0.1, 0.15) is 12.1 Å². The van der Waals surface area contributed by atoms with Crippen LogP contribution in [-0.2, 0) is 9.59 Å². The molecule has 3 rings (SSSR count). The Morgan fingerprint density at radius 3 is 2.76 bits per heavy atom. The second-order valence-electron chi connectivity index (χ2n) is 7.25. The monoisotopic (exact) mass is 403 g/mol. The van der Waals surface area contributed by atoms with Crippen LogP contribution < -0.4 is 16.2 Å². The van der Waals surface area contributed by atoms with Crippen molar-refractivity contribution in [3.8, 4) is 0 Å². The number of amides is 5. The van der Waals surface area contributed by atoms with Crippen LogP contribution in [0.15, 0.2) is 24.3 Å². The molecule has 2 unspecified atom stereocenters. The standard InChI is InChI=1S/C18H21N5O6/c1-11-5-2-3-8-18(11)16(26)22(17(27)19-18)10-14(24)20-21-15(25)12-6-4-7-13(9-12)23(28)29/h4,6-7,9,11H,2-3,5,8,10H2,1H3,(H,19,27)(H,20,24)(H,21,25). The Hall–Kier alpha value is -3.50. The topological polar surface area (TPSA) is 151 Å². The Kier molecular flexibility index (Phi) is 5.48. The molecule has 1 saturated heterocycles. The van der Waals surface area contributed by atoms with Gasteiger partial charge in [-0.15, -0.1) is 0 Å². The highest BCUT2D eigenvalue weighted by Gasteiger charge is 2.55. The van der Waals surface area contributed by atoms with Gasteiger partial charge in [-0.25, -0.2) is 4.79 Å². The van der Waals surface area contributed by atoms with Crippen LogP contribution in [0.1, 0.15) is 43.0 Å². The molecule has 154 valence electrons. The molecule has 1 spiro atoms. The highest BCUT2D eigenvalue weighted by molar-refractivity contribution is 6.09. The van der Waals surface area contributed by atoms with Crippen molar-refractivity contribution in [1.29, 1.82) is 0 Å². The summed E-state index contributed by atoms with van der Waals surface area (Å²) in [5, 5.41) is 13.5. The van der Waals surface area contributed by atoms with E-state index in [-0.39, 0.29) is 17.2 Å². The van der Waals surface area contributed by atoms with Crippen LogP contribution in [0.3, 0.4) is 0 Å². The summed E-state index contributed by atoms with van der Waals surface area (Å²) < 4.78 is 0. The largest absolute Gasteiger partial charge is 0.325 e. The summed E-state index contributed by atoms with van der Waals surface area (Å²) in [5.41, 5.74) is 2.97. The van der Waals surface area contributed by atoms with Crippen LogP contribution in [0.2, 0.25) is 0 Å². The van der Waals surface area contributed by atoms with E-state index >= 15 is 0 Å². The average molecular weight is 403 g/mol. The molecule has 2 aliphatic rings. The molecular formula is C18H21N5O6. The first kappa shape index (κ1) is 20.2. The molecule has 1 saturated carbocycles. The maximum absolute atomic E-state index is 12.8. The lowest BCUT2D eigenvalue weighted by molar-refractivity contribution is -0.384. The molecule has 1 aromatic carbocycles. The van der Waals surface area contributed by atoms with E-state index in [1.165, 1.54) is 18.2 Å². The van der Waals surface area contributed by atoms with Crippen molar-refractivity contribution in [3.63, 3.8) is 0 Å². The van der Waals surface area contributed by atoms with Crippen LogP contribution >= 0.6 is 0 Å². The van der Waals surface area contributed by atoms with Crippen molar-refractivity contribution in [3.05, 3.63) is 39.9 Å². The lowest BCUT2D eigenvalue weighted by Gasteiger charge is -2.36. The van der Waals surface area contributed by atoms with Crippen molar-refractivity contribution in [1.82, 2.24) is 21.1 Å². The summed E-state index contributed by atoms with van der Waals surface area (Å²) >= 11 is 0. The summed E-state index contributed by atoms with van der Waals surface area (Å²) in [6.45, 7) is 1.36. The van der Waals surface area contributed by atoms with Gasteiger partial charge in [-0.2, -0.15) is 0 Å². The molecule has 2 atom stereocenters. The second-order valence-corrected chi connectivity index (χ2v) is 7.25. The highest BCUT2D eigenvalue weighted by Crippen LogP contribution is 2.38. The third-order valence-electron chi connectivity index (χ3n) is 5.44. The van der Waals surface area contributed by atoms with Gasteiger partial charge in [-0.05, 0) is 24.8 Å². The molecule has 1 aliphatic heterocycles. The first-order chi connectivity index (χ1) is 13.7. The van der Waals surface area contributed by atoms with Crippen molar-refractivity contribution in [2.45, 2.75) is 38.1 Å². The predicted octanol–water partition coefficient (Wildman–Crippen LogP) is 0.856. The Morgan fingerprint density at radius 2 is 2.07 bits per heavy atom. The van der Waals surface area contributed by atoms with Crippen LogP contribution in [0.25, 0.3) is 0 Å². The van der Waals surface area contributed by atoms with Crippen molar-refractivity contribution < 1.29 is 24.1 Å². The SMILES string of the molecule is CC1CCCCC12NC(=O)N(CC(=O)NNC(=O)c1cccc([N+](=O)[O-])c1)C2=O. The number of benzene rings is 1. The number of urea groups is 1. The summed E-state index contributed by atoms with van der Waals surface area (Å²) in [6, 6.07) is 4.35. The fourth-order valence-corrected chi connectivity index (χ4v) is 3.78. The first-order valence-electron chi connectivity index (χ1n) is 9.22. The van der Waals surface area contributed by atoms with E-state index in [9.17, 15) is 29.3 Å². The maximum Gasteiger partial charge on any atom is 0.325 e. The number of hydrogen-bond acceptors (Lipinski definition) is 6. The third-order valence-corrected chi connectivity index (χ3v) is 5.44. The van der Waals surface area contributed by atoms with Crippen LogP contribution in [0.4, 0.5) is 10.5 Å². The molecule has 1 aromatic rings. The van der Waals surface area contributed by atoms with Gasteiger partial charge in [0.15, 0.2) is 0 Å². The number of hydrogen-bond donors (Lipinski definition) is 3. The number of nitrogens with one attached hydrogen (secondary N) is 3. The molecule has 11 heteroatoms. The Morgan fingerprint density at radius 1 is 1.31 bits per heavy atom. The normalized spacial score (nSPS) is 23.6. The van der Waals surface area contributed by atoms with E-state index < -0.39 is 40.8 Å². The zero-order chi connectivity index (χ0) is 21.2. The van der Waals surface area contributed by atoms with Crippen molar-refractivity contribution in [2.75, 3.05) is 6.54 Å². The lowest BCUT2D eigenvalue weighted by Crippen LogP contribution is -2.54. The highest BCUT2D eigenvalue weighted by atomic mass is 16.6. The summed E-state index contributed by atoms with van der Waals surface area (Å²) in [4.78, 5) is 60.3. The van der Waals surface area contributed by atoms with Crippen molar-refractivity contribution in [2.24, 2.45) is 5.92 Å². The summed E-state index contributed by atoms with van der Waals surface area (Å²) in [7, 11) is 0. The third kappa shape index (κ3) is 3.89. The van der Waals surface area contributed by atoms with E-state index in [0.29, 0.717) is 6.42 Å². The van der Waals surface area contributed by atoms with Crippen LogP contribution in [0.5, 0.6) is 0 Å². The van der Waals surface area contributed by atoms with Gasteiger partial charge in [0, 0.05) is 17.7 Å². The predicted molar refractivity (Wildman–Crippen MR) is 99.3 cm³/mol. The molecule has 3 N–H and O–H groups in total. The van der Waals surface area contributed by atoms with E-state index in [1.807, 2.05) is 6.92 Å². The minimum atomic E-state index is -0.970. The van der Waals surface area contributed by atoms with Gasteiger partial charge >= 0.3 is 6.03 Å². The number of carbonyl (C=O) groups is 4. The van der Waals surface area contributed by atoms with Crippen LogP contribution in [-0.4, -0.2) is 45.7 Å². The molecule has 29 heavy (non-hydrogen) atoms. The number of rotatable bonds is 4. The number of carbonyl (C=O) groups excluding carboxylic acids is 4. The summed E-state index contributed by atoms with van der Waals surface area (Å²) in [5.74, 6) is -2.01. The zero-order valence-electron chi connectivity index (χ0n) is 15.8. The van der Waals surface area contributed by atoms with Gasteiger partial charge in [0.25, 0.3) is 23.4 Å². The van der Waals surface area contributed by atoms with Gasteiger partial charge in [0.05, 0.1) is 4.92 Å². The summed E-state index contributed by atoms with van der Waals surface area (Å²) in [6.07, 6.45) is 3.14. The number of imide groups is 1. The molecule has 0 aromatic heterocycles. The molecular weight excluding hydrogens is 382 g/mol. The fourth-order valence-electron chi connectivity index (χ4n) is 3.78. The van der Waals surface area contributed by atoms with Gasteiger partial charge in [-0.1, -0.05) is 25.8 Å². The van der Waals surface area contributed by atoms with Gasteiger partial charge < -0.3 is 5.32 Å². The van der Waals surface area contributed by atoms with E-state index in [4.69, 9.17) is 0 Å². The maximum atomic E-state index is 12.8. The number of nitro benzene ring substituents is 1. The van der Waals surface area contributed by atoms with E-state index in [2.05, 4.69) is 16.2 Å². The molecule has 0 bridgehead atoms. The Balaban J connectivity index is 1.59. The van der Waals surface area contributed by atoms with Gasteiger partial charge in [0.2, 0.25) is 0 Å².